The van der Waals surface area contributed by atoms with Crippen molar-refractivity contribution in [3.63, 3.8) is 0 Å². The Morgan fingerprint density at radius 3 is 2.75 bits per heavy atom. The summed E-state index contributed by atoms with van der Waals surface area (Å²) in [6, 6.07) is -0.0397. The number of aliphatic hydroxyl groups is 1. The van der Waals surface area contributed by atoms with E-state index in [2.05, 4.69) is 20.1 Å². The van der Waals surface area contributed by atoms with Crippen LogP contribution in [0.25, 0.3) is 0 Å². The van der Waals surface area contributed by atoms with Crippen LogP contribution in [0.5, 0.6) is 0 Å². The zero-order valence-corrected chi connectivity index (χ0v) is 11.8. The molecule has 0 bridgehead atoms. The Labute approximate surface area is 122 Å². The summed E-state index contributed by atoms with van der Waals surface area (Å²) in [6.45, 7) is 0. The molecule has 6 nitrogen and oxygen atoms in total. The lowest BCUT2D eigenvalue weighted by Crippen LogP contribution is -2.37. The van der Waals surface area contributed by atoms with E-state index in [1.165, 1.54) is 0 Å². The van der Waals surface area contributed by atoms with Gasteiger partial charge < -0.3 is 10.4 Å². The van der Waals surface area contributed by atoms with E-state index in [0.29, 0.717) is 30.2 Å². The third-order valence-electron chi connectivity index (χ3n) is 3.99. The Balaban J connectivity index is 1.85. The lowest BCUT2D eigenvalue weighted by atomic mass is 9.93. The Morgan fingerprint density at radius 2 is 2.00 bits per heavy atom. The largest absolute Gasteiger partial charge is 0.391 e. The number of aliphatic hydroxyl groups excluding tert-OH is 1. The summed E-state index contributed by atoms with van der Waals surface area (Å²) in [7, 11) is 0. The number of anilines is 2. The summed E-state index contributed by atoms with van der Waals surface area (Å²) in [5.41, 5.74) is 1.22. The lowest BCUT2D eigenvalue weighted by molar-refractivity contribution is 0.0995. The minimum absolute atomic E-state index is 0.0207. The minimum Gasteiger partial charge on any atom is -0.391 e. The number of halogens is 1. The normalized spacial score (nSPS) is 25.4. The highest BCUT2D eigenvalue weighted by molar-refractivity contribution is 6.25. The summed E-state index contributed by atoms with van der Waals surface area (Å²) in [4.78, 5) is 22.8. The van der Waals surface area contributed by atoms with Crippen LogP contribution < -0.4 is 10.2 Å². The van der Waals surface area contributed by atoms with Gasteiger partial charge in [0.1, 0.15) is 0 Å². The van der Waals surface area contributed by atoms with Crippen molar-refractivity contribution in [2.45, 2.75) is 50.7 Å². The molecule has 1 fully saturated rings. The third-order valence-corrected chi connectivity index (χ3v) is 4.16. The van der Waals surface area contributed by atoms with Gasteiger partial charge in [0, 0.05) is 18.2 Å². The Bertz CT molecular complexity index is 537. The topological polar surface area (TPSA) is 87.1 Å². The fourth-order valence-electron chi connectivity index (χ4n) is 2.92. The highest BCUT2D eigenvalue weighted by Gasteiger charge is 2.28. The molecule has 1 aromatic heterocycles. The Morgan fingerprint density at radius 1 is 1.20 bits per heavy atom. The number of Topliss-reactive ketones (excluding diaryl/α,β-unsaturated/α-hetero) is 1. The van der Waals surface area contributed by atoms with E-state index in [1.807, 2.05) is 0 Å². The van der Waals surface area contributed by atoms with Crippen LogP contribution in [0, 0.1) is 0 Å². The molecule has 2 aliphatic rings. The second-order valence-electron chi connectivity index (χ2n) is 5.34. The summed E-state index contributed by atoms with van der Waals surface area (Å²) < 4.78 is 0. The minimum atomic E-state index is -0.380. The van der Waals surface area contributed by atoms with Crippen molar-refractivity contribution in [3.8, 4) is 0 Å². The van der Waals surface area contributed by atoms with Crippen LogP contribution >= 0.6 is 11.8 Å². The van der Waals surface area contributed by atoms with Crippen molar-refractivity contribution in [1.82, 2.24) is 9.97 Å². The Kier molecular flexibility index (Phi) is 3.76. The van der Waals surface area contributed by atoms with Gasteiger partial charge >= 0.3 is 0 Å². The van der Waals surface area contributed by atoms with E-state index < -0.39 is 0 Å². The molecule has 0 spiro atoms. The van der Waals surface area contributed by atoms with Crippen molar-refractivity contribution in [2.24, 2.45) is 0 Å². The molecule has 3 rings (SSSR count). The molecule has 0 amide bonds. The van der Waals surface area contributed by atoms with Gasteiger partial charge in [0.2, 0.25) is 5.95 Å². The van der Waals surface area contributed by atoms with E-state index in [-0.39, 0.29) is 17.9 Å². The number of ketones is 1. The molecule has 1 saturated carbocycles. The van der Waals surface area contributed by atoms with Gasteiger partial charge in [-0.25, -0.2) is 4.98 Å². The second-order valence-corrected chi connectivity index (χ2v) is 5.53. The van der Waals surface area contributed by atoms with Gasteiger partial charge in [0.15, 0.2) is 11.6 Å². The van der Waals surface area contributed by atoms with Gasteiger partial charge in [0.05, 0.1) is 23.4 Å². The van der Waals surface area contributed by atoms with E-state index in [4.69, 9.17) is 11.8 Å². The quantitative estimate of drug-likeness (QED) is 0.738. The van der Waals surface area contributed by atoms with Crippen LogP contribution in [0.2, 0.25) is 0 Å². The van der Waals surface area contributed by atoms with Crippen LogP contribution in [0.4, 0.5) is 11.8 Å². The number of nitrogens with one attached hydrogen (secondary N) is 2. The number of rotatable bonds is 3. The van der Waals surface area contributed by atoms with Gasteiger partial charge in [-0.3, -0.25) is 9.63 Å². The molecule has 108 valence electrons. The molecule has 0 unspecified atom stereocenters. The fraction of sp³-hybridized carbons (Fsp3) is 0.615. The van der Waals surface area contributed by atoms with E-state index in [1.54, 1.807) is 0 Å². The van der Waals surface area contributed by atoms with Crippen LogP contribution in [0.3, 0.4) is 0 Å². The monoisotopic (exact) mass is 296 g/mol. The number of hydrogen-bond donors (Lipinski definition) is 3. The Hall–Kier alpha value is -1.40. The molecule has 2 aliphatic carbocycles. The molecule has 0 aromatic carbocycles. The van der Waals surface area contributed by atoms with Crippen molar-refractivity contribution >= 4 is 29.3 Å². The second kappa shape index (κ2) is 5.54. The van der Waals surface area contributed by atoms with Gasteiger partial charge in [-0.05, 0) is 19.3 Å². The van der Waals surface area contributed by atoms with Crippen molar-refractivity contribution in [1.29, 1.82) is 0 Å². The van der Waals surface area contributed by atoms with E-state index in [0.717, 1.165) is 31.4 Å². The molecule has 0 aliphatic heterocycles. The van der Waals surface area contributed by atoms with Crippen molar-refractivity contribution in [3.05, 3.63) is 11.3 Å². The average Bonchev–Trinajstić information content (AvgIpc) is 2.82. The SMILES string of the molecule is O=C1CCc2nc(N[C@@H]3CCCC[C@@H]3O)nc(NCl)c21. The molecule has 1 aromatic rings. The molecule has 0 saturated heterocycles. The first-order valence-corrected chi connectivity index (χ1v) is 7.32. The lowest BCUT2D eigenvalue weighted by Gasteiger charge is -2.28. The van der Waals surface area contributed by atoms with Crippen LogP contribution in [-0.4, -0.2) is 33.0 Å². The predicted molar refractivity (Wildman–Crippen MR) is 76.0 cm³/mol. The molecule has 1 heterocycles. The number of carbonyl (C=O) groups excluding carboxylic acids is 1. The molecular formula is C13H17ClN4O2. The number of aromatic nitrogens is 2. The van der Waals surface area contributed by atoms with E-state index in [9.17, 15) is 9.90 Å². The van der Waals surface area contributed by atoms with E-state index >= 15 is 0 Å². The first-order valence-electron chi connectivity index (χ1n) is 6.94. The molecule has 2 atom stereocenters. The highest BCUT2D eigenvalue weighted by atomic mass is 35.5. The third kappa shape index (κ3) is 2.45. The maximum absolute atomic E-state index is 11.8. The van der Waals surface area contributed by atoms with Crippen molar-refractivity contribution in [2.75, 3.05) is 10.2 Å². The highest BCUT2D eigenvalue weighted by Crippen LogP contribution is 2.29. The van der Waals surface area contributed by atoms with Crippen molar-refractivity contribution < 1.29 is 9.90 Å². The summed E-state index contributed by atoms with van der Waals surface area (Å²) >= 11 is 5.65. The number of aryl methyl sites for hydroxylation is 1. The zero-order valence-electron chi connectivity index (χ0n) is 11.0. The van der Waals surface area contributed by atoms with Gasteiger partial charge in [-0.15, -0.1) is 0 Å². The average molecular weight is 297 g/mol. The van der Waals surface area contributed by atoms with Gasteiger partial charge in [-0.2, -0.15) is 4.98 Å². The van der Waals surface area contributed by atoms with Gasteiger partial charge in [0.25, 0.3) is 0 Å². The smallest absolute Gasteiger partial charge is 0.225 e. The summed E-state index contributed by atoms with van der Waals surface area (Å²) in [5.74, 6) is 0.798. The maximum atomic E-state index is 11.8. The number of hydrogen-bond acceptors (Lipinski definition) is 6. The van der Waals surface area contributed by atoms with Crippen LogP contribution in [0.15, 0.2) is 0 Å². The summed E-state index contributed by atoms with van der Waals surface area (Å²) in [6.07, 6.45) is 4.50. The first kappa shape index (κ1) is 13.6. The molecule has 3 N–H and O–H groups in total. The maximum Gasteiger partial charge on any atom is 0.225 e. The zero-order chi connectivity index (χ0) is 14.1. The molecule has 0 radical (unpaired) electrons. The number of fused-ring (bicyclic) bond motifs is 1. The predicted octanol–water partition coefficient (Wildman–Crippen LogP) is 1.89. The standard InChI is InChI=1S/C13H17ClN4O2/c14-18-12-11-8(5-6-10(11)20)16-13(17-12)15-7-3-1-2-4-9(7)19/h7,9,19H,1-6H2,(H2,15,16,17,18)/t7-,9+/m1/s1. The first-order chi connectivity index (χ1) is 9.69. The number of carbonyl (C=O) groups is 1. The fourth-order valence-corrected chi connectivity index (χ4v) is 3.05. The molecular weight excluding hydrogens is 280 g/mol. The van der Waals surface area contributed by atoms with Crippen LogP contribution in [0.1, 0.15) is 48.2 Å². The summed E-state index contributed by atoms with van der Waals surface area (Å²) in [5, 5.41) is 13.1. The van der Waals surface area contributed by atoms with Crippen LogP contribution in [-0.2, 0) is 6.42 Å². The van der Waals surface area contributed by atoms with Gasteiger partial charge in [-0.1, -0.05) is 12.8 Å². The molecule has 7 heteroatoms. The molecule has 20 heavy (non-hydrogen) atoms. The number of nitrogens with zero attached hydrogens (tertiary/aromatic N) is 2.